The van der Waals surface area contributed by atoms with Crippen LogP contribution in [0.3, 0.4) is 0 Å². The SMILES string of the molecule is CCCSC1=NC2(CCN(C(=O)Nc3ccccc3Cl)CC2)N=C1c1ccc(OC)cc1. The number of aliphatic imine (C=N–C) groups is 2. The van der Waals surface area contributed by atoms with E-state index in [4.69, 9.17) is 26.3 Å². The summed E-state index contributed by atoms with van der Waals surface area (Å²) in [6.45, 7) is 3.34. The smallest absolute Gasteiger partial charge is 0.321 e. The lowest BCUT2D eigenvalue weighted by Gasteiger charge is -2.35. The summed E-state index contributed by atoms with van der Waals surface area (Å²) in [5.74, 6) is 1.82. The molecule has 168 valence electrons. The van der Waals surface area contributed by atoms with E-state index < -0.39 is 5.66 Å². The number of para-hydroxylation sites is 1. The number of piperidine rings is 1. The Morgan fingerprint density at radius 1 is 1.16 bits per heavy atom. The predicted octanol–water partition coefficient (Wildman–Crippen LogP) is 5.72. The van der Waals surface area contributed by atoms with Crippen LogP contribution < -0.4 is 10.1 Å². The molecule has 32 heavy (non-hydrogen) atoms. The summed E-state index contributed by atoms with van der Waals surface area (Å²) in [5.41, 5.74) is 2.12. The average Bonchev–Trinajstić information content (AvgIpc) is 3.17. The van der Waals surface area contributed by atoms with Gasteiger partial charge in [0.2, 0.25) is 0 Å². The number of ether oxygens (including phenoxy) is 1. The van der Waals surface area contributed by atoms with Gasteiger partial charge in [0.05, 0.1) is 23.5 Å². The molecular weight excluding hydrogens is 444 g/mol. The molecule has 0 aromatic heterocycles. The summed E-state index contributed by atoms with van der Waals surface area (Å²) in [5, 5.41) is 4.43. The number of nitrogens with one attached hydrogen (secondary N) is 1. The van der Waals surface area contributed by atoms with E-state index in [9.17, 15) is 4.79 Å². The molecule has 1 N–H and O–H groups in total. The molecule has 2 heterocycles. The van der Waals surface area contributed by atoms with E-state index in [0.29, 0.717) is 36.6 Å². The number of thioether (sulfide) groups is 1. The van der Waals surface area contributed by atoms with Gasteiger partial charge in [-0.15, -0.1) is 11.8 Å². The second-order valence-corrected chi connectivity index (χ2v) is 9.32. The van der Waals surface area contributed by atoms with Crippen molar-refractivity contribution in [2.24, 2.45) is 9.98 Å². The number of hydrogen-bond acceptors (Lipinski definition) is 5. The molecule has 0 aliphatic carbocycles. The topological polar surface area (TPSA) is 66.3 Å². The fourth-order valence-corrected chi connectivity index (χ4v) is 4.92. The number of carbonyl (C=O) groups is 1. The predicted molar refractivity (Wildman–Crippen MR) is 134 cm³/mol. The van der Waals surface area contributed by atoms with Crippen LogP contribution in [-0.2, 0) is 0 Å². The number of nitrogens with zero attached hydrogens (tertiary/aromatic N) is 3. The molecule has 1 saturated heterocycles. The van der Waals surface area contributed by atoms with Crippen LogP contribution in [0.5, 0.6) is 5.75 Å². The third kappa shape index (κ3) is 4.94. The highest BCUT2D eigenvalue weighted by Crippen LogP contribution is 2.36. The minimum absolute atomic E-state index is 0.144. The van der Waals surface area contributed by atoms with Gasteiger partial charge < -0.3 is 15.0 Å². The van der Waals surface area contributed by atoms with Crippen molar-refractivity contribution in [2.45, 2.75) is 31.8 Å². The molecule has 2 amide bonds. The monoisotopic (exact) mass is 470 g/mol. The lowest BCUT2D eigenvalue weighted by Crippen LogP contribution is -2.46. The van der Waals surface area contributed by atoms with Gasteiger partial charge in [-0.25, -0.2) is 9.79 Å². The zero-order valence-electron chi connectivity index (χ0n) is 18.3. The van der Waals surface area contributed by atoms with Crippen molar-refractivity contribution in [2.75, 3.05) is 31.3 Å². The summed E-state index contributed by atoms with van der Waals surface area (Å²) < 4.78 is 5.29. The number of rotatable bonds is 5. The van der Waals surface area contributed by atoms with E-state index in [0.717, 1.165) is 34.2 Å². The summed E-state index contributed by atoms with van der Waals surface area (Å²) in [4.78, 5) is 24.7. The fraction of sp³-hybridized carbons (Fsp3) is 0.375. The Kier molecular flexibility index (Phi) is 7.06. The fourth-order valence-electron chi connectivity index (χ4n) is 3.81. The molecule has 2 aromatic carbocycles. The van der Waals surface area contributed by atoms with Gasteiger partial charge in [-0.2, -0.15) is 0 Å². The van der Waals surface area contributed by atoms with E-state index in [1.807, 2.05) is 41.3 Å². The largest absolute Gasteiger partial charge is 0.497 e. The van der Waals surface area contributed by atoms with Gasteiger partial charge >= 0.3 is 6.03 Å². The van der Waals surface area contributed by atoms with Crippen molar-refractivity contribution in [3.63, 3.8) is 0 Å². The Morgan fingerprint density at radius 3 is 2.53 bits per heavy atom. The minimum atomic E-state index is -0.494. The zero-order chi connectivity index (χ0) is 22.6. The van der Waals surface area contributed by atoms with Crippen molar-refractivity contribution in [3.8, 4) is 5.75 Å². The van der Waals surface area contributed by atoms with E-state index >= 15 is 0 Å². The van der Waals surface area contributed by atoms with Crippen LogP contribution in [-0.4, -0.2) is 53.3 Å². The standard InChI is InChI=1S/C24H27ClN4O2S/c1-3-16-32-22-21(17-8-10-18(31-2)11-9-17)27-24(28-22)12-14-29(15-13-24)23(30)26-20-7-5-4-6-19(20)25/h4-11H,3,12-16H2,1-2H3,(H,26,30). The number of anilines is 1. The summed E-state index contributed by atoms with van der Waals surface area (Å²) in [6.07, 6.45) is 2.46. The van der Waals surface area contributed by atoms with Crippen LogP contribution >= 0.6 is 23.4 Å². The van der Waals surface area contributed by atoms with Gasteiger partial charge in [0.15, 0.2) is 5.66 Å². The normalized spacial score (nSPS) is 17.2. The van der Waals surface area contributed by atoms with Gasteiger partial charge in [-0.3, -0.25) is 4.99 Å². The molecule has 0 atom stereocenters. The van der Waals surface area contributed by atoms with Crippen LogP contribution in [0.25, 0.3) is 0 Å². The number of halogens is 1. The average molecular weight is 471 g/mol. The van der Waals surface area contributed by atoms with Crippen LogP contribution in [0.1, 0.15) is 31.7 Å². The lowest BCUT2D eigenvalue weighted by atomic mass is 9.98. The molecular formula is C24H27ClN4O2S. The number of urea groups is 1. The second kappa shape index (κ2) is 9.96. The molecule has 0 radical (unpaired) electrons. The van der Waals surface area contributed by atoms with Crippen molar-refractivity contribution in [1.82, 2.24) is 4.90 Å². The Morgan fingerprint density at radius 2 is 1.88 bits per heavy atom. The molecule has 8 heteroatoms. The highest BCUT2D eigenvalue weighted by Gasteiger charge is 2.40. The molecule has 1 spiro atoms. The van der Waals surface area contributed by atoms with Gasteiger partial charge in [-0.1, -0.05) is 30.7 Å². The third-order valence-electron chi connectivity index (χ3n) is 5.61. The first kappa shape index (κ1) is 22.7. The van der Waals surface area contributed by atoms with Crippen LogP contribution in [0.2, 0.25) is 5.02 Å². The number of benzene rings is 2. The first-order valence-electron chi connectivity index (χ1n) is 10.8. The van der Waals surface area contributed by atoms with Crippen LogP contribution in [0, 0.1) is 0 Å². The van der Waals surface area contributed by atoms with E-state index in [1.54, 1.807) is 31.0 Å². The highest BCUT2D eigenvalue weighted by molar-refractivity contribution is 8.15. The molecule has 2 aliphatic rings. The molecule has 1 fully saturated rings. The Balaban J connectivity index is 1.48. The molecule has 6 nitrogen and oxygen atoms in total. The van der Waals surface area contributed by atoms with E-state index in [1.165, 1.54) is 0 Å². The number of likely N-dealkylation sites (tertiary alicyclic amines) is 1. The van der Waals surface area contributed by atoms with Gasteiger partial charge in [0.25, 0.3) is 0 Å². The first-order chi connectivity index (χ1) is 15.5. The molecule has 0 saturated carbocycles. The van der Waals surface area contributed by atoms with Crippen molar-refractivity contribution < 1.29 is 9.53 Å². The van der Waals surface area contributed by atoms with E-state index in [-0.39, 0.29) is 6.03 Å². The second-order valence-electron chi connectivity index (χ2n) is 7.83. The number of amides is 2. The summed E-state index contributed by atoms with van der Waals surface area (Å²) in [7, 11) is 1.66. The van der Waals surface area contributed by atoms with Gasteiger partial charge in [-0.05, 0) is 48.6 Å². The molecule has 0 bridgehead atoms. The maximum atomic E-state index is 12.7. The number of methoxy groups -OCH3 is 1. The minimum Gasteiger partial charge on any atom is -0.497 e. The zero-order valence-corrected chi connectivity index (χ0v) is 19.9. The molecule has 2 aliphatic heterocycles. The Bertz CT molecular complexity index is 1030. The Labute approximate surface area is 198 Å². The van der Waals surface area contributed by atoms with Crippen molar-refractivity contribution >= 4 is 45.8 Å². The lowest BCUT2D eigenvalue weighted by molar-refractivity contribution is 0.175. The third-order valence-corrected chi connectivity index (χ3v) is 7.11. The van der Waals surface area contributed by atoms with Crippen molar-refractivity contribution in [3.05, 3.63) is 59.1 Å². The van der Waals surface area contributed by atoms with E-state index in [2.05, 4.69) is 12.2 Å². The van der Waals surface area contributed by atoms with Crippen molar-refractivity contribution in [1.29, 1.82) is 0 Å². The number of hydrogen-bond donors (Lipinski definition) is 1. The molecule has 4 rings (SSSR count). The van der Waals surface area contributed by atoms with Gasteiger partial charge in [0.1, 0.15) is 10.8 Å². The quantitative estimate of drug-likeness (QED) is 0.607. The summed E-state index contributed by atoms with van der Waals surface area (Å²) in [6, 6.07) is 15.1. The first-order valence-corrected chi connectivity index (χ1v) is 12.2. The molecule has 0 unspecified atom stereocenters. The van der Waals surface area contributed by atoms with Crippen LogP contribution in [0.15, 0.2) is 58.5 Å². The van der Waals surface area contributed by atoms with Gasteiger partial charge in [0, 0.05) is 31.5 Å². The Hall–Kier alpha value is -2.51. The number of carbonyl (C=O) groups excluding carboxylic acids is 1. The maximum Gasteiger partial charge on any atom is 0.321 e. The van der Waals surface area contributed by atoms with Crippen LogP contribution in [0.4, 0.5) is 10.5 Å². The highest BCUT2D eigenvalue weighted by atomic mass is 35.5. The summed E-state index contributed by atoms with van der Waals surface area (Å²) >= 11 is 7.93. The maximum absolute atomic E-state index is 12.7. The molecule has 2 aromatic rings.